The van der Waals surface area contributed by atoms with E-state index in [1.54, 1.807) is 24.5 Å². The third-order valence-corrected chi connectivity index (χ3v) is 8.06. The lowest BCUT2D eigenvalue weighted by atomic mass is 9.86. The predicted octanol–water partition coefficient (Wildman–Crippen LogP) is 4.37. The highest BCUT2D eigenvalue weighted by Gasteiger charge is 2.34. The molecule has 11 heteroatoms. The maximum atomic E-state index is 13.0. The van der Waals surface area contributed by atoms with Crippen LogP contribution in [0.1, 0.15) is 53.0 Å². The minimum Gasteiger partial charge on any atom is -0.447 e. The number of fused-ring (bicyclic) bond motifs is 1. The van der Waals surface area contributed by atoms with E-state index in [0.717, 1.165) is 18.4 Å². The molecule has 0 aliphatic carbocycles. The van der Waals surface area contributed by atoms with Gasteiger partial charge in [-0.3, -0.25) is 4.90 Å². The van der Waals surface area contributed by atoms with Crippen molar-refractivity contribution >= 4 is 51.1 Å². The second-order valence-electron chi connectivity index (χ2n) is 9.75. The SMILES string of the molecule is CCC(CC)(NS(=O)C(C)(C)C)c1ccnc(Nc2cc3nc(N4CCOC4=O)cc(N)c3cn2)c1. The van der Waals surface area contributed by atoms with E-state index in [4.69, 9.17) is 10.5 Å². The Balaban J connectivity index is 1.64. The van der Waals surface area contributed by atoms with Gasteiger partial charge in [0.05, 0.1) is 33.3 Å². The zero-order chi connectivity index (χ0) is 26.1. The van der Waals surface area contributed by atoms with Crippen LogP contribution in [0.5, 0.6) is 0 Å². The number of nitrogen functional groups attached to an aromatic ring is 1. The van der Waals surface area contributed by atoms with Crippen LogP contribution >= 0.6 is 0 Å². The largest absolute Gasteiger partial charge is 0.447 e. The summed E-state index contributed by atoms with van der Waals surface area (Å²) >= 11 is 0. The zero-order valence-electron chi connectivity index (χ0n) is 21.3. The summed E-state index contributed by atoms with van der Waals surface area (Å²) in [5.41, 5.74) is 7.80. The number of cyclic esters (lactones) is 1. The van der Waals surface area contributed by atoms with Gasteiger partial charge in [-0.05, 0) is 51.3 Å². The van der Waals surface area contributed by atoms with Gasteiger partial charge in [0.15, 0.2) is 0 Å². The summed E-state index contributed by atoms with van der Waals surface area (Å²) in [5, 5.41) is 3.93. The van der Waals surface area contributed by atoms with Crippen molar-refractivity contribution in [3.05, 3.63) is 42.2 Å². The van der Waals surface area contributed by atoms with E-state index in [2.05, 4.69) is 38.8 Å². The Bertz CT molecular complexity index is 1300. The minimum absolute atomic E-state index is 0.318. The van der Waals surface area contributed by atoms with Crippen molar-refractivity contribution in [2.75, 3.05) is 29.1 Å². The van der Waals surface area contributed by atoms with Gasteiger partial charge in [-0.2, -0.15) is 0 Å². The highest BCUT2D eigenvalue weighted by atomic mass is 32.2. The Kier molecular flexibility index (Phi) is 7.14. The minimum atomic E-state index is -1.24. The Labute approximate surface area is 213 Å². The molecule has 10 nitrogen and oxygen atoms in total. The molecule has 3 aromatic rings. The number of anilines is 4. The van der Waals surface area contributed by atoms with Gasteiger partial charge in [-0.1, -0.05) is 13.8 Å². The summed E-state index contributed by atoms with van der Waals surface area (Å²) in [6, 6.07) is 7.32. The van der Waals surface area contributed by atoms with Gasteiger partial charge < -0.3 is 15.8 Å². The first kappa shape index (κ1) is 25.8. The fourth-order valence-electron chi connectivity index (χ4n) is 4.06. The number of nitrogens with one attached hydrogen (secondary N) is 2. The maximum Gasteiger partial charge on any atom is 0.415 e. The van der Waals surface area contributed by atoms with Crippen molar-refractivity contribution in [3.63, 3.8) is 0 Å². The van der Waals surface area contributed by atoms with E-state index < -0.39 is 27.4 Å². The molecule has 4 rings (SSSR count). The van der Waals surface area contributed by atoms with Crippen molar-refractivity contribution in [1.82, 2.24) is 19.7 Å². The van der Waals surface area contributed by atoms with Gasteiger partial charge in [0, 0.05) is 35.6 Å². The molecule has 1 saturated heterocycles. The Morgan fingerprint density at radius 1 is 1.14 bits per heavy atom. The van der Waals surface area contributed by atoms with Crippen LogP contribution in [0.15, 0.2) is 36.7 Å². The number of nitrogens with two attached hydrogens (primary N) is 1. The molecular formula is C25H33N7O3S. The highest BCUT2D eigenvalue weighted by molar-refractivity contribution is 7.84. The Morgan fingerprint density at radius 2 is 1.86 bits per heavy atom. The summed E-state index contributed by atoms with van der Waals surface area (Å²) in [5.74, 6) is 1.57. The Hall–Kier alpha value is -3.31. The number of nitrogens with zero attached hydrogens (tertiary/aromatic N) is 4. The van der Waals surface area contributed by atoms with Gasteiger partial charge in [0.25, 0.3) is 0 Å². The van der Waals surface area contributed by atoms with Crippen LogP contribution in [0.4, 0.5) is 27.9 Å². The van der Waals surface area contributed by atoms with Gasteiger partial charge in [-0.15, -0.1) is 0 Å². The summed E-state index contributed by atoms with van der Waals surface area (Å²) in [7, 11) is -1.24. The molecule has 4 N–H and O–H groups in total. The van der Waals surface area contributed by atoms with Gasteiger partial charge in [-0.25, -0.2) is 28.7 Å². The number of pyridine rings is 3. The summed E-state index contributed by atoms with van der Waals surface area (Å²) in [6.07, 6.45) is 4.45. The van der Waals surface area contributed by atoms with Crippen molar-refractivity contribution in [2.24, 2.45) is 0 Å². The van der Waals surface area contributed by atoms with Crippen LogP contribution < -0.4 is 20.7 Å². The lowest BCUT2D eigenvalue weighted by Gasteiger charge is -2.35. The number of carbonyl (C=O) groups is 1. The number of hydrogen-bond acceptors (Lipinski definition) is 8. The van der Waals surface area contributed by atoms with Crippen molar-refractivity contribution in [2.45, 2.75) is 57.7 Å². The van der Waals surface area contributed by atoms with Crippen LogP contribution in [-0.4, -0.2) is 43.2 Å². The lowest BCUT2D eigenvalue weighted by Crippen LogP contribution is -2.47. The number of carbonyl (C=O) groups excluding carboxylic acids is 1. The number of aromatic nitrogens is 3. The molecule has 0 spiro atoms. The van der Waals surface area contributed by atoms with Gasteiger partial charge in [0.2, 0.25) is 0 Å². The molecule has 0 aromatic carbocycles. The van der Waals surface area contributed by atoms with E-state index in [0.29, 0.717) is 47.2 Å². The average molecular weight is 512 g/mol. The number of rotatable bonds is 8. The summed E-state index contributed by atoms with van der Waals surface area (Å²) < 4.78 is 21.0. The van der Waals surface area contributed by atoms with Crippen LogP contribution in [0, 0.1) is 0 Å². The van der Waals surface area contributed by atoms with Gasteiger partial charge >= 0.3 is 6.09 Å². The molecule has 1 unspecified atom stereocenters. The molecule has 192 valence electrons. The highest BCUT2D eigenvalue weighted by Crippen LogP contribution is 2.33. The van der Waals surface area contributed by atoms with Crippen molar-refractivity contribution < 1.29 is 13.7 Å². The maximum absolute atomic E-state index is 13.0. The van der Waals surface area contributed by atoms with Crippen molar-refractivity contribution in [1.29, 1.82) is 0 Å². The van der Waals surface area contributed by atoms with E-state index in [-0.39, 0.29) is 0 Å². The number of hydrogen-bond donors (Lipinski definition) is 3. The molecule has 1 aliphatic rings. The molecule has 1 atom stereocenters. The average Bonchev–Trinajstić information content (AvgIpc) is 3.27. The molecule has 3 aromatic heterocycles. The molecule has 0 saturated carbocycles. The first-order valence-corrected chi connectivity index (χ1v) is 13.1. The van der Waals surface area contributed by atoms with E-state index >= 15 is 0 Å². The molecule has 4 heterocycles. The fraction of sp³-hybridized carbons (Fsp3) is 0.440. The summed E-state index contributed by atoms with van der Waals surface area (Å²) in [4.78, 5) is 27.0. The Morgan fingerprint density at radius 3 is 2.50 bits per heavy atom. The van der Waals surface area contributed by atoms with Crippen LogP contribution in [0.3, 0.4) is 0 Å². The van der Waals surface area contributed by atoms with E-state index in [1.165, 1.54) is 4.90 Å². The normalized spacial score (nSPS) is 15.2. The van der Waals surface area contributed by atoms with E-state index in [9.17, 15) is 9.00 Å². The first-order valence-electron chi connectivity index (χ1n) is 12.0. The van der Waals surface area contributed by atoms with Gasteiger partial charge in [0.1, 0.15) is 24.1 Å². The van der Waals surface area contributed by atoms with E-state index in [1.807, 2.05) is 32.9 Å². The predicted molar refractivity (Wildman–Crippen MR) is 143 cm³/mol. The third-order valence-electron chi connectivity index (χ3n) is 6.37. The monoisotopic (exact) mass is 511 g/mol. The molecule has 0 radical (unpaired) electrons. The third kappa shape index (κ3) is 5.12. The first-order chi connectivity index (χ1) is 17.1. The second-order valence-corrected chi connectivity index (χ2v) is 11.7. The molecule has 1 fully saturated rings. The second kappa shape index (κ2) is 9.98. The molecule has 0 bridgehead atoms. The smallest absolute Gasteiger partial charge is 0.415 e. The fourth-order valence-corrected chi connectivity index (χ4v) is 5.13. The standard InChI is InChI=1S/C25H33N7O3S/c1-6-25(7-2,31-36(34)24(3,4)5)16-8-9-27-20(12-16)30-21-14-19-17(15-28-21)18(26)13-22(29-19)32-10-11-35-23(32)33/h8-9,12-15,31H,6-7,10-11H2,1-5H3,(H2,26,29)(H,27,28,30). The number of amides is 1. The van der Waals surface area contributed by atoms with Crippen LogP contribution in [-0.2, 0) is 21.3 Å². The number of ether oxygens (including phenoxy) is 1. The molecule has 1 aliphatic heterocycles. The topological polar surface area (TPSA) is 135 Å². The van der Waals surface area contributed by atoms with Crippen molar-refractivity contribution in [3.8, 4) is 0 Å². The molecular weight excluding hydrogens is 478 g/mol. The summed E-state index contributed by atoms with van der Waals surface area (Å²) in [6.45, 7) is 10.8. The lowest BCUT2D eigenvalue weighted by molar-refractivity contribution is 0.181. The zero-order valence-corrected chi connectivity index (χ0v) is 22.1. The van der Waals surface area contributed by atoms with Crippen LogP contribution in [0.25, 0.3) is 10.9 Å². The molecule has 36 heavy (non-hydrogen) atoms. The molecule has 1 amide bonds. The quantitative estimate of drug-likeness (QED) is 0.406. The van der Waals surface area contributed by atoms with Crippen LogP contribution in [0.2, 0.25) is 0 Å².